The van der Waals surface area contributed by atoms with E-state index in [1.165, 1.54) is 23.9 Å². The van der Waals surface area contributed by atoms with Crippen LogP contribution in [0, 0.1) is 15.9 Å². The normalized spacial score (nSPS) is 10.4. The molecule has 3 nitrogen and oxygen atoms in total. The Morgan fingerprint density at radius 3 is 2.63 bits per heavy atom. The Bertz CT molecular complexity index is 621. The van der Waals surface area contributed by atoms with Gasteiger partial charge in [-0.1, -0.05) is 24.3 Å². The van der Waals surface area contributed by atoms with Crippen molar-refractivity contribution in [1.29, 1.82) is 0 Å². The lowest BCUT2D eigenvalue weighted by Crippen LogP contribution is -1.92. The molecule has 0 amide bonds. The number of hydrogen-bond donors (Lipinski definition) is 0. The van der Waals surface area contributed by atoms with Crippen molar-refractivity contribution in [3.63, 3.8) is 0 Å². The largest absolute Gasteiger partial charge is 0.283 e. The highest BCUT2D eigenvalue weighted by Gasteiger charge is 2.15. The number of nitrogens with zero attached hydrogens (tertiary/aromatic N) is 1. The number of rotatable bonds is 4. The Hall–Kier alpha value is -1.40. The summed E-state index contributed by atoms with van der Waals surface area (Å²) in [6, 6.07) is 11.3. The van der Waals surface area contributed by atoms with E-state index in [4.69, 9.17) is 0 Å². The van der Waals surface area contributed by atoms with Crippen molar-refractivity contribution in [2.45, 2.75) is 10.6 Å². The maximum Gasteiger partial charge on any atom is 0.283 e. The summed E-state index contributed by atoms with van der Waals surface area (Å²) in [6.45, 7) is 0. The van der Waals surface area contributed by atoms with Crippen LogP contribution in [0.2, 0.25) is 0 Å². The first-order chi connectivity index (χ1) is 9.09. The van der Waals surface area contributed by atoms with Crippen molar-refractivity contribution in [3.05, 3.63) is 68.4 Å². The van der Waals surface area contributed by atoms with Gasteiger partial charge in [-0.2, -0.15) is 0 Å². The number of nitro benzene ring substituents is 1. The molecule has 0 N–H and O–H groups in total. The number of nitro groups is 1. The van der Waals surface area contributed by atoms with Gasteiger partial charge in [0.25, 0.3) is 5.69 Å². The van der Waals surface area contributed by atoms with Gasteiger partial charge in [-0.05, 0) is 33.6 Å². The van der Waals surface area contributed by atoms with E-state index in [0.29, 0.717) is 15.1 Å². The van der Waals surface area contributed by atoms with Crippen LogP contribution in [0.4, 0.5) is 10.1 Å². The molecule has 0 spiro atoms. The van der Waals surface area contributed by atoms with E-state index in [9.17, 15) is 14.5 Å². The Morgan fingerprint density at radius 1 is 1.21 bits per heavy atom. The standard InChI is InChI=1S/C13H9BrFNO2S/c14-13-9(4-3-6-11(13)16(17)18)8-19-12-7-2-1-5-10(12)15/h1-7H,8H2. The number of benzene rings is 2. The first-order valence-corrected chi connectivity index (χ1v) is 7.16. The Kier molecular flexibility index (Phi) is 4.55. The molecule has 0 atom stereocenters. The predicted octanol–water partition coefficient (Wildman–Crippen LogP) is 4.79. The predicted molar refractivity (Wildman–Crippen MR) is 76.8 cm³/mol. The summed E-state index contributed by atoms with van der Waals surface area (Å²) in [5.74, 6) is 0.178. The van der Waals surface area contributed by atoms with Gasteiger partial charge in [0.15, 0.2) is 0 Å². The zero-order chi connectivity index (χ0) is 13.8. The number of thioether (sulfide) groups is 1. The molecule has 2 aromatic carbocycles. The number of hydrogen-bond acceptors (Lipinski definition) is 3. The van der Waals surface area contributed by atoms with E-state index in [2.05, 4.69) is 15.9 Å². The van der Waals surface area contributed by atoms with Crippen LogP contribution in [0.25, 0.3) is 0 Å². The molecule has 98 valence electrons. The summed E-state index contributed by atoms with van der Waals surface area (Å²) in [5, 5.41) is 10.8. The van der Waals surface area contributed by atoms with Crippen LogP contribution in [-0.4, -0.2) is 4.92 Å². The molecule has 0 heterocycles. The molecule has 0 saturated carbocycles. The Labute approximate surface area is 122 Å². The number of halogens is 2. The minimum Gasteiger partial charge on any atom is -0.258 e. The molecule has 0 aliphatic carbocycles. The van der Waals surface area contributed by atoms with Gasteiger partial charge in [0.05, 0.1) is 9.40 Å². The fourth-order valence-electron chi connectivity index (χ4n) is 1.54. The van der Waals surface area contributed by atoms with Gasteiger partial charge in [0.2, 0.25) is 0 Å². The SMILES string of the molecule is O=[N+]([O-])c1cccc(CSc2ccccc2F)c1Br. The molecular formula is C13H9BrFNO2S. The quantitative estimate of drug-likeness (QED) is 0.456. The van der Waals surface area contributed by atoms with Gasteiger partial charge in [0, 0.05) is 16.7 Å². The van der Waals surface area contributed by atoms with Gasteiger partial charge in [-0.25, -0.2) is 4.39 Å². The van der Waals surface area contributed by atoms with Crippen LogP contribution < -0.4 is 0 Å². The second-order valence-corrected chi connectivity index (χ2v) is 5.54. The average molecular weight is 342 g/mol. The van der Waals surface area contributed by atoms with Crippen LogP contribution in [0.5, 0.6) is 0 Å². The van der Waals surface area contributed by atoms with E-state index in [1.807, 2.05) is 0 Å². The van der Waals surface area contributed by atoms with E-state index < -0.39 is 4.92 Å². The maximum atomic E-state index is 13.5. The molecule has 0 aromatic heterocycles. The first kappa shape index (κ1) is 14.0. The van der Waals surface area contributed by atoms with Crippen LogP contribution in [0.15, 0.2) is 51.8 Å². The van der Waals surface area contributed by atoms with Gasteiger partial charge in [0.1, 0.15) is 5.82 Å². The molecule has 6 heteroatoms. The van der Waals surface area contributed by atoms with Crippen molar-refractivity contribution in [1.82, 2.24) is 0 Å². The topological polar surface area (TPSA) is 43.1 Å². The lowest BCUT2D eigenvalue weighted by molar-refractivity contribution is -0.385. The third-order valence-corrected chi connectivity index (χ3v) is 4.49. The highest BCUT2D eigenvalue weighted by Crippen LogP contribution is 2.33. The van der Waals surface area contributed by atoms with Crippen molar-refractivity contribution in [2.75, 3.05) is 0 Å². The van der Waals surface area contributed by atoms with E-state index in [1.54, 1.807) is 30.3 Å². The summed E-state index contributed by atoms with van der Waals surface area (Å²) in [5.41, 5.74) is 0.786. The Balaban J connectivity index is 2.19. The molecule has 19 heavy (non-hydrogen) atoms. The smallest absolute Gasteiger partial charge is 0.258 e. The molecule has 0 saturated heterocycles. The molecule has 0 fully saturated rings. The Morgan fingerprint density at radius 2 is 1.95 bits per heavy atom. The van der Waals surface area contributed by atoms with Crippen LogP contribution in [-0.2, 0) is 5.75 Å². The molecule has 0 radical (unpaired) electrons. The third-order valence-electron chi connectivity index (χ3n) is 2.47. The highest BCUT2D eigenvalue weighted by molar-refractivity contribution is 9.10. The van der Waals surface area contributed by atoms with Crippen molar-refractivity contribution in [3.8, 4) is 0 Å². The fourth-order valence-corrected chi connectivity index (χ4v) is 3.20. The van der Waals surface area contributed by atoms with E-state index in [0.717, 1.165) is 5.56 Å². The molecule has 2 aromatic rings. The van der Waals surface area contributed by atoms with Gasteiger partial charge in [-0.15, -0.1) is 11.8 Å². The second kappa shape index (κ2) is 6.16. The lowest BCUT2D eigenvalue weighted by Gasteiger charge is -2.05. The zero-order valence-electron chi connectivity index (χ0n) is 9.68. The summed E-state index contributed by atoms with van der Waals surface area (Å²) >= 11 is 4.53. The maximum absolute atomic E-state index is 13.5. The van der Waals surface area contributed by atoms with Crippen molar-refractivity contribution >= 4 is 33.4 Å². The summed E-state index contributed by atoms with van der Waals surface area (Å²) in [6.07, 6.45) is 0. The average Bonchev–Trinajstić information content (AvgIpc) is 2.39. The monoisotopic (exact) mass is 341 g/mol. The zero-order valence-corrected chi connectivity index (χ0v) is 12.1. The minimum atomic E-state index is -0.443. The second-order valence-electron chi connectivity index (χ2n) is 3.73. The van der Waals surface area contributed by atoms with Crippen molar-refractivity contribution in [2.24, 2.45) is 0 Å². The van der Waals surface area contributed by atoms with Crippen LogP contribution >= 0.6 is 27.7 Å². The lowest BCUT2D eigenvalue weighted by atomic mass is 10.2. The highest BCUT2D eigenvalue weighted by atomic mass is 79.9. The van der Waals surface area contributed by atoms with Gasteiger partial charge >= 0.3 is 0 Å². The molecule has 0 unspecified atom stereocenters. The minimum absolute atomic E-state index is 0.0200. The van der Waals surface area contributed by atoms with Gasteiger partial charge in [-0.3, -0.25) is 10.1 Å². The molecular weight excluding hydrogens is 333 g/mol. The molecule has 0 aliphatic heterocycles. The first-order valence-electron chi connectivity index (χ1n) is 5.38. The van der Waals surface area contributed by atoms with Crippen LogP contribution in [0.1, 0.15) is 5.56 Å². The summed E-state index contributed by atoms with van der Waals surface area (Å²) in [7, 11) is 0. The summed E-state index contributed by atoms with van der Waals surface area (Å²) < 4.78 is 13.9. The van der Waals surface area contributed by atoms with Gasteiger partial charge < -0.3 is 0 Å². The van der Waals surface area contributed by atoms with E-state index in [-0.39, 0.29) is 11.5 Å². The summed E-state index contributed by atoms with van der Waals surface area (Å²) in [4.78, 5) is 10.9. The van der Waals surface area contributed by atoms with Crippen molar-refractivity contribution < 1.29 is 9.31 Å². The third kappa shape index (κ3) is 3.33. The molecule has 2 rings (SSSR count). The molecule has 0 bridgehead atoms. The van der Waals surface area contributed by atoms with Crippen LogP contribution in [0.3, 0.4) is 0 Å². The molecule has 0 aliphatic rings. The fraction of sp³-hybridized carbons (Fsp3) is 0.0769. The van der Waals surface area contributed by atoms with E-state index >= 15 is 0 Å².